The van der Waals surface area contributed by atoms with Crippen LogP contribution in [0.5, 0.6) is 5.75 Å². The SMILES string of the molecule is O=C(Nc1cccnc1)c1cc(F)ccc1O. The molecule has 17 heavy (non-hydrogen) atoms. The van der Waals surface area contributed by atoms with E-state index >= 15 is 0 Å². The number of amides is 1. The first kappa shape index (κ1) is 11.1. The number of aromatic nitrogens is 1. The zero-order chi connectivity index (χ0) is 12.3. The lowest BCUT2D eigenvalue weighted by molar-refractivity contribution is 0.102. The number of hydrogen-bond acceptors (Lipinski definition) is 3. The summed E-state index contributed by atoms with van der Waals surface area (Å²) >= 11 is 0. The molecule has 0 radical (unpaired) electrons. The molecule has 86 valence electrons. The summed E-state index contributed by atoms with van der Waals surface area (Å²) in [5, 5.41) is 11.9. The van der Waals surface area contributed by atoms with Gasteiger partial charge in [-0.15, -0.1) is 0 Å². The molecule has 0 saturated carbocycles. The average Bonchev–Trinajstić information content (AvgIpc) is 2.33. The second-order valence-electron chi connectivity index (χ2n) is 3.36. The second kappa shape index (κ2) is 4.61. The highest BCUT2D eigenvalue weighted by Gasteiger charge is 2.12. The highest BCUT2D eigenvalue weighted by molar-refractivity contribution is 6.06. The molecule has 0 unspecified atom stereocenters. The van der Waals surface area contributed by atoms with Crippen LogP contribution >= 0.6 is 0 Å². The molecule has 5 heteroatoms. The summed E-state index contributed by atoms with van der Waals surface area (Å²) in [7, 11) is 0. The smallest absolute Gasteiger partial charge is 0.259 e. The number of benzene rings is 1. The van der Waals surface area contributed by atoms with Gasteiger partial charge in [-0.05, 0) is 30.3 Å². The van der Waals surface area contributed by atoms with Crippen LogP contribution in [-0.2, 0) is 0 Å². The standard InChI is InChI=1S/C12H9FN2O2/c13-8-3-4-11(16)10(6-8)12(17)15-9-2-1-5-14-7-9/h1-7,16H,(H,15,17). The Morgan fingerprint density at radius 2 is 2.18 bits per heavy atom. The Labute approximate surface area is 96.7 Å². The number of anilines is 1. The van der Waals surface area contributed by atoms with Crippen molar-refractivity contribution in [3.05, 3.63) is 54.1 Å². The van der Waals surface area contributed by atoms with E-state index in [1.165, 1.54) is 6.20 Å². The van der Waals surface area contributed by atoms with E-state index in [0.29, 0.717) is 5.69 Å². The topological polar surface area (TPSA) is 62.2 Å². The number of phenolic OH excluding ortho intramolecular Hbond substituents is 1. The highest BCUT2D eigenvalue weighted by Crippen LogP contribution is 2.19. The third-order valence-electron chi connectivity index (χ3n) is 2.12. The molecule has 1 aromatic carbocycles. The molecule has 0 aliphatic rings. The summed E-state index contributed by atoms with van der Waals surface area (Å²) in [6.07, 6.45) is 3.02. The van der Waals surface area contributed by atoms with Gasteiger partial charge in [-0.2, -0.15) is 0 Å². The largest absolute Gasteiger partial charge is 0.507 e. The van der Waals surface area contributed by atoms with E-state index in [9.17, 15) is 14.3 Å². The summed E-state index contributed by atoms with van der Waals surface area (Å²) in [6, 6.07) is 6.48. The summed E-state index contributed by atoms with van der Waals surface area (Å²) < 4.78 is 12.9. The van der Waals surface area contributed by atoms with Gasteiger partial charge in [0.1, 0.15) is 11.6 Å². The molecule has 0 aliphatic carbocycles. The van der Waals surface area contributed by atoms with Gasteiger partial charge in [0.2, 0.25) is 0 Å². The van der Waals surface area contributed by atoms with Crippen LogP contribution in [0.3, 0.4) is 0 Å². The predicted molar refractivity (Wildman–Crippen MR) is 60.3 cm³/mol. The van der Waals surface area contributed by atoms with Gasteiger partial charge in [0.25, 0.3) is 5.91 Å². The van der Waals surface area contributed by atoms with Crippen LogP contribution in [0.4, 0.5) is 10.1 Å². The molecule has 1 aromatic heterocycles. The number of halogens is 1. The molecule has 4 nitrogen and oxygen atoms in total. The monoisotopic (exact) mass is 232 g/mol. The Morgan fingerprint density at radius 1 is 1.35 bits per heavy atom. The van der Waals surface area contributed by atoms with Crippen molar-refractivity contribution in [2.24, 2.45) is 0 Å². The van der Waals surface area contributed by atoms with Crippen LogP contribution in [0.2, 0.25) is 0 Å². The molecule has 2 N–H and O–H groups in total. The van der Waals surface area contributed by atoms with Crippen molar-refractivity contribution < 1.29 is 14.3 Å². The van der Waals surface area contributed by atoms with Crippen molar-refractivity contribution in [3.8, 4) is 5.75 Å². The summed E-state index contributed by atoms with van der Waals surface area (Å²) in [6.45, 7) is 0. The van der Waals surface area contributed by atoms with Gasteiger partial charge in [-0.1, -0.05) is 0 Å². The fourth-order valence-corrected chi connectivity index (χ4v) is 1.33. The number of nitrogens with one attached hydrogen (secondary N) is 1. The number of nitrogens with zero attached hydrogens (tertiary/aromatic N) is 1. The van der Waals surface area contributed by atoms with Crippen molar-refractivity contribution >= 4 is 11.6 Å². The minimum atomic E-state index is -0.588. The van der Waals surface area contributed by atoms with Gasteiger partial charge in [0.15, 0.2) is 0 Å². The van der Waals surface area contributed by atoms with Gasteiger partial charge in [0, 0.05) is 6.20 Å². The zero-order valence-corrected chi connectivity index (χ0v) is 8.72. The van der Waals surface area contributed by atoms with Crippen molar-refractivity contribution in [3.63, 3.8) is 0 Å². The van der Waals surface area contributed by atoms with Crippen molar-refractivity contribution in [1.82, 2.24) is 4.98 Å². The minimum absolute atomic E-state index is 0.117. The molecule has 2 aromatic rings. The number of carbonyl (C=O) groups excluding carboxylic acids is 1. The lowest BCUT2D eigenvalue weighted by Crippen LogP contribution is -2.12. The highest BCUT2D eigenvalue weighted by atomic mass is 19.1. The maximum atomic E-state index is 12.9. The minimum Gasteiger partial charge on any atom is -0.507 e. The third kappa shape index (κ3) is 2.57. The molecule has 0 bridgehead atoms. The number of aromatic hydroxyl groups is 1. The fraction of sp³-hybridized carbons (Fsp3) is 0. The van der Waals surface area contributed by atoms with Crippen LogP contribution < -0.4 is 5.32 Å². The maximum absolute atomic E-state index is 12.9. The molecular weight excluding hydrogens is 223 g/mol. The molecule has 0 spiro atoms. The van der Waals surface area contributed by atoms with Crippen LogP contribution in [-0.4, -0.2) is 16.0 Å². The molecular formula is C12H9FN2O2. The lowest BCUT2D eigenvalue weighted by Gasteiger charge is -2.06. The first-order valence-corrected chi connectivity index (χ1v) is 4.87. The van der Waals surface area contributed by atoms with Gasteiger partial charge < -0.3 is 10.4 Å². The number of hydrogen-bond donors (Lipinski definition) is 2. The maximum Gasteiger partial charge on any atom is 0.259 e. The molecule has 0 saturated heterocycles. The molecule has 0 fully saturated rings. The van der Waals surface area contributed by atoms with Crippen molar-refractivity contribution in [1.29, 1.82) is 0 Å². The van der Waals surface area contributed by atoms with E-state index < -0.39 is 11.7 Å². The van der Waals surface area contributed by atoms with Crippen LogP contribution in [0.1, 0.15) is 10.4 Å². The van der Waals surface area contributed by atoms with E-state index in [1.54, 1.807) is 18.3 Å². The number of phenols is 1. The average molecular weight is 232 g/mol. The van der Waals surface area contributed by atoms with Crippen LogP contribution in [0.15, 0.2) is 42.7 Å². The number of pyridine rings is 1. The van der Waals surface area contributed by atoms with Crippen LogP contribution in [0.25, 0.3) is 0 Å². The number of rotatable bonds is 2. The first-order chi connectivity index (χ1) is 8.16. The van der Waals surface area contributed by atoms with Gasteiger partial charge >= 0.3 is 0 Å². The van der Waals surface area contributed by atoms with E-state index in [-0.39, 0.29) is 11.3 Å². The van der Waals surface area contributed by atoms with Crippen molar-refractivity contribution in [2.45, 2.75) is 0 Å². The van der Waals surface area contributed by atoms with E-state index in [1.807, 2.05) is 0 Å². The Hall–Kier alpha value is -2.43. The number of carbonyl (C=O) groups is 1. The van der Waals surface area contributed by atoms with Gasteiger partial charge in [0.05, 0.1) is 17.4 Å². The lowest BCUT2D eigenvalue weighted by atomic mass is 10.2. The molecule has 2 rings (SSSR count). The summed E-state index contributed by atoms with van der Waals surface area (Å²) in [5.74, 6) is -1.44. The Morgan fingerprint density at radius 3 is 2.88 bits per heavy atom. The Kier molecular flexibility index (Phi) is 3.00. The molecule has 0 atom stereocenters. The molecule has 1 heterocycles. The van der Waals surface area contributed by atoms with E-state index in [4.69, 9.17) is 0 Å². The van der Waals surface area contributed by atoms with E-state index in [2.05, 4.69) is 10.3 Å². The quantitative estimate of drug-likeness (QED) is 0.834. The van der Waals surface area contributed by atoms with Crippen LogP contribution in [0, 0.1) is 5.82 Å². The van der Waals surface area contributed by atoms with Gasteiger partial charge in [-0.25, -0.2) is 4.39 Å². The zero-order valence-electron chi connectivity index (χ0n) is 8.72. The first-order valence-electron chi connectivity index (χ1n) is 4.87. The second-order valence-corrected chi connectivity index (χ2v) is 3.36. The summed E-state index contributed by atoms with van der Waals surface area (Å²) in [5.41, 5.74) is 0.356. The molecule has 0 aliphatic heterocycles. The normalized spacial score (nSPS) is 9.94. The van der Waals surface area contributed by atoms with Gasteiger partial charge in [-0.3, -0.25) is 9.78 Å². The fourth-order valence-electron chi connectivity index (χ4n) is 1.33. The van der Waals surface area contributed by atoms with Crippen molar-refractivity contribution in [2.75, 3.05) is 5.32 Å². The Bertz CT molecular complexity index is 543. The Balaban J connectivity index is 2.23. The van der Waals surface area contributed by atoms with E-state index in [0.717, 1.165) is 18.2 Å². The molecule has 1 amide bonds. The third-order valence-corrected chi connectivity index (χ3v) is 2.12. The predicted octanol–water partition coefficient (Wildman–Crippen LogP) is 2.18. The summed E-state index contributed by atoms with van der Waals surface area (Å²) in [4.78, 5) is 15.5.